The number of ether oxygens (including phenoxy) is 1. The van der Waals surface area contributed by atoms with Crippen LogP contribution < -0.4 is 10.2 Å². The van der Waals surface area contributed by atoms with Gasteiger partial charge in [-0.15, -0.1) is 0 Å². The number of nitrogens with one attached hydrogen (secondary N) is 2. The first-order valence-corrected chi connectivity index (χ1v) is 9.89. The van der Waals surface area contributed by atoms with Crippen molar-refractivity contribution in [3.05, 3.63) is 82.3 Å². The van der Waals surface area contributed by atoms with E-state index < -0.39 is 12.0 Å². The van der Waals surface area contributed by atoms with Crippen LogP contribution in [0.2, 0.25) is 0 Å². The average molecular weight is 422 g/mol. The van der Waals surface area contributed by atoms with E-state index in [2.05, 4.69) is 15.5 Å². The van der Waals surface area contributed by atoms with Crippen LogP contribution in [-0.2, 0) is 9.53 Å². The molecule has 2 aromatic carbocycles. The summed E-state index contributed by atoms with van der Waals surface area (Å²) in [4.78, 5) is 28.0. The highest BCUT2D eigenvalue weighted by atomic mass is 19.1. The number of hydrogen-bond acceptors (Lipinski definition) is 4. The number of rotatable bonds is 5. The van der Waals surface area contributed by atoms with Crippen LogP contribution in [0.25, 0.3) is 0 Å². The number of benzene rings is 2. The lowest BCUT2D eigenvalue weighted by molar-refractivity contribution is -0.122. The maximum Gasteiger partial charge on any atom is 0.253 e. The Balaban J connectivity index is 1.81. The van der Waals surface area contributed by atoms with E-state index >= 15 is 0 Å². The molecule has 0 fully saturated rings. The zero-order chi connectivity index (χ0) is 22.1. The maximum atomic E-state index is 13.6. The van der Waals surface area contributed by atoms with Crippen molar-refractivity contribution in [2.45, 2.75) is 25.8 Å². The molecule has 31 heavy (non-hydrogen) atoms. The van der Waals surface area contributed by atoms with Gasteiger partial charge in [-0.2, -0.15) is 5.10 Å². The van der Waals surface area contributed by atoms with Crippen molar-refractivity contribution in [3.8, 4) is 0 Å². The third-order valence-electron chi connectivity index (χ3n) is 5.47. The van der Waals surface area contributed by atoms with Crippen molar-refractivity contribution in [3.63, 3.8) is 0 Å². The zero-order valence-corrected chi connectivity index (χ0v) is 17.5. The topological polar surface area (TPSA) is 87.3 Å². The molecule has 0 spiro atoms. The molecule has 160 valence electrons. The molecule has 8 heteroatoms. The normalized spacial score (nSPS) is 18.1. The van der Waals surface area contributed by atoms with E-state index in [1.807, 2.05) is 19.9 Å². The number of carbonyl (C=O) groups is 2. The summed E-state index contributed by atoms with van der Waals surface area (Å²) >= 11 is 0. The number of nitrogens with zero attached hydrogens (tertiary/aromatic N) is 2. The standard InChI is InChI=1S/C23H23FN4O3/c1-13-5-4-6-16(11-13)22(29)25-20-19(15-7-9-17(24)10-8-15)18-14(2)26-27-21(18)28(12-31-3)23(20)30/h4-11,19-20H,12H2,1-3H3,(H,25,29)(H,26,27)/t19-,20-/m0/s1. The van der Waals surface area contributed by atoms with E-state index in [1.165, 1.54) is 24.1 Å². The third kappa shape index (κ3) is 3.82. The average Bonchev–Trinajstić information content (AvgIpc) is 3.13. The number of fused-ring (bicyclic) bond motifs is 1. The Morgan fingerprint density at radius 1 is 1.23 bits per heavy atom. The monoisotopic (exact) mass is 422 g/mol. The largest absolute Gasteiger partial charge is 0.364 e. The Hall–Kier alpha value is -3.52. The van der Waals surface area contributed by atoms with E-state index in [0.717, 1.165) is 11.1 Å². The summed E-state index contributed by atoms with van der Waals surface area (Å²) in [6.45, 7) is 3.72. The molecule has 0 aliphatic carbocycles. The summed E-state index contributed by atoms with van der Waals surface area (Å²) in [7, 11) is 1.49. The van der Waals surface area contributed by atoms with Gasteiger partial charge in [-0.25, -0.2) is 4.39 Å². The van der Waals surface area contributed by atoms with Crippen molar-refractivity contribution in [2.24, 2.45) is 0 Å². The molecule has 1 aliphatic heterocycles. The molecule has 3 aromatic rings. The smallest absolute Gasteiger partial charge is 0.253 e. The van der Waals surface area contributed by atoms with E-state index in [9.17, 15) is 14.0 Å². The van der Waals surface area contributed by atoms with Crippen LogP contribution in [0.4, 0.5) is 10.2 Å². The van der Waals surface area contributed by atoms with Crippen LogP contribution >= 0.6 is 0 Å². The Morgan fingerprint density at radius 3 is 2.65 bits per heavy atom. The molecule has 0 saturated carbocycles. The van der Waals surface area contributed by atoms with E-state index in [4.69, 9.17) is 4.74 Å². The Labute approximate surface area is 179 Å². The van der Waals surface area contributed by atoms with Crippen molar-refractivity contribution < 1.29 is 18.7 Å². The minimum absolute atomic E-state index is 0.000417. The summed E-state index contributed by atoms with van der Waals surface area (Å²) < 4.78 is 18.8. The van der Waals surface area contributed by atoms with Gasteiger partial charge in [0.1, 0.15) is 24.4 Å². The SMILES string of the molecule is COCN1C(=O)[C@@H](NC(=O)c2cccc(C)c2)[C@@H](c2ccc(F)cc2)c2c(C)n[nH]c21. The number of hydrogen-bond donors (Lipinski definition) is 2. The van der Waals surface area contributed by atoms with Gasteiger partial charge < -0.3 is 10.1 Å². The van der Waals surface area contributed by atoms with Gasteiger partial charge in [0.05, 0.1) is 5.69 Å². The predicted molar refractivity (Wildman–Crippen MR) is 113 cm³/mol. The first kappa shape index (κ1) is 20.7. The fraction of sp³-hybridized carbons (Fsp3) is 0.261. The number of anilines is 1. The van der Waals surface area contributed by atoms with Crippen LogP contribution in [0, 0.1) is 19.7 Å². The molecular formula is C23H23FN4O3. The molecule has 0 bridgehead atoms. The molecule has 0 unspecified atom stereocenters. The third-order valence-corrected chi connectivity index (χ3v) is 5.47. The van der Waals surface area contributed by atoms with E-state index in [0.29, 0.717) is 22.6 Å². The molecule has 2 atom stereocenters. The molecule has 4 rings (SSSR count). The van der Waals surface area contributed by atoms with Gasteiger partial charge in [0, 0.05) is 24.2 Å². The molecule has 1 aromatic heterocycles. The number of aromatic amines is 1. The molecule has 0 radical (unpaired) electrons. The summed E-state index contributed by atoms with van der Waals surface area (Å²) in [5.41, 5.74) is 3.54. The highest BCUT2D eigenvalue weighted by Gasteiger charge is 2.44. The molecule has 2 heterocycles. The Kier molecular flexibility index (Phi) is 5.56. The Bertz CT molecular complexity index is 1130. The van der Waals surface area contributed by atoms with Gasteiger partial charge in [0.15, 0.2) is 0 Å². The van der Waals surface area contributed by atoms with Gasteiger partial charge in [-0.3, -0.25) is 19.6 Å². The minimum Gasteiger partial charge on any atom is -0.364 e. The molecule has 7 nitrogen and oxygen atoms in total. The van der Waals surface area contributed by atoms with Crippen LogP contribution in [-0.4, -0.2) is 41.9 Å². The summed E-state index contributed by atoms with van der Waals surface area (Å²) in [6.07, 6.45) is 0. The summed E-state index contributed by atoms with van der Waals surface area (Å²) in [6, 6.07) is 12.2. The van der Waals surface area contributed by atoms with Crippen LogP contribution in [0.5, 0.6) is 0 Å². The number of H-pyrrole nitrogens is 1. The zero-order valence-electron chi connectivity index (χ0n) is 17.5. The second kappa shape index (κ2) is 8.31. The van der Waals surface area contributed by atoms with Crippen molar-refractivity contribution in [1.82, 2.24) is 15.5 Å². The first-order chi connectivity index (χ1) is 14.9. The molecule has 0 saturated heterocycles. The number of aromatic nitrogens is 2. The van der Waals surface area contributed by atoms with Crippen LogP contribution in [0.15, 0.2) is 48.5 Å². The number of carbonyl (C=O) groups excluding carboxylic acids is 2. The lowest BCUT2D eigenvalue weighted by Gasteiger charge is -2.37. The predicted octanol–water partition coefficient (Wildman–Crippen LogP) is 3.05. The van der Waals surface area contributed by atoms with Crippen LogP contribution in [0.3, 0.4) is 0 Å². The molecule has 2 N–H and O–H groups in total. The van der Waals surface area contributed by atoms with E-state index in [-0.39, 0.29) is 24.4 Å². The second-order valence-corrected chi connectivity index (χ2v) is 7.61. The lowest BCUT2D eigenvalue weighted by atomic mass is 9.81. The van der Waals surface area contributed by atoms with Gasteiger partial charge in [0.2, 0.25) is 0 Å². The Morgan fingerprint density at radius 2 is 1.97 bits per heavy atom. The van der Waals surface area contributed by atoms with Crippen molar-refractivity contribution >= 4 is 17.6 Å². The molecule has 2 amide bonds. The number of halogens is 1. The lowest BCUT2D eigenvalue weighted by Crippen LogP contribution is -2.55. The molecule has 1 aliphatic rings. The van der Waals surface area contributed by atoms with Gasteiger partial charge in [-0.1, -0.05) is 29.8 Å². The quantitative estimate of drug-likeness (QED) is 0.662. The minimum atomic E-state index is -0.919. The number of methoxy groups -OCH3 is 1. The second-order valence-electron chi connectivity index (χ2n) is 7.61. The maximum absolute atomic E-state index is 13.6. The summed E-state index contributed by atoms with van der Waals surface area (Å²) in [5.74, 6) is -1.11. The number of amides is 2. The van der Waals surface area contributed by atoms with Gasteiger partial charge in [0.25, 0.3) is 11.8 Å². The summed E-state index contributed by atoms with van der Waals surface area (Å²) in [5, 5.41) is 10.1. The number of aryl methyl sites for hydroxylation is 2. The van der Waals surface area contributed by atoms with Crippen LogP contribution in [0.1, 0.15) is 38.7 Å². The van der Waals surface area contributed by atoms with Crippen molar-refractivity contribution in [1.29, 1.82) is 0 Å². The molecular weight excluding hydrogens is 399 g/mol. The van der Waals surface area contributed by atoms with E-state index in [1.54, 1.807) is 30.3 Å². The fourth-order valence-corrected chi connectivity index (χ4v) is 4.04. The van der Waals surface area contributed by atoms with Gasteiger partial charge >= 0.3 is 0 Å². The van der Waals surface area contributed by atoms with Gasteiger partial charge in [-0.05, 0) is 43.7 Å². The fourth-order valence-electron chi connectivity index (χ4n) is 4.04. The highest BCUT2D eigenvalue weighted by molar-refractivity contribution is 6.05. The first-order valence-electron chi connectivity index (χ1n) is 9.89. The van der Waals surface area contributed by atoms with Crippen molar-refractivity contribution in [2.75, 3.05) is 18.7 Å². The highest BCUT2D eigenvalue weighted by Crippen LogP contribution is 2.41.